The molecule has 1 aromatic heterocycles. The summed E-state index contributed by atoms with van der Waals surface area (Å²) in [6.07, 6.45) is 0.393. The molecule has 1 saturated heterocycles. The van der Waals surface area contributed by atoms with Gasteiger partial charge in [0.2, 0.25) is 22.6 Å². The number of benzene rings is 2. The maximum Gasteiger partial charge on any atom is 0.413 e. The van der Waals surface area contributed by atoms with Crippen LogP contribution in [0.15, 0.2) is 58.0 Å². The van der Waals surface area contributed by atoms with E-state index < -0.39 is 63.3 Å². The molecule has 0 saturated carbocycles. The molecule has 12 nitrogen and oxygen atoms in total. The molecular weight excluding hydrogens is 604 g/mol. The predicted octanol–water partition coefficient (Wildman–Crippen LogP) is 3.68. The molecule has 1 amide bonds. The van der Waals surface area contributed by atoms with Crippen molar-refractivity contribution in [3.8, 4) is 0 Å². The number of nitrogens with zero attached hydrogens (tertiary/aromatic N) is 1. The number of aliphatic hydroxyl groups is 1. The van der Waals surface area contributed by atoms with Gasteiger partial charge in [-0.25, -0.2) is 31.9 Å². The van der Waals surface area contributed by atoms with Gasteiger partial charge in [0.25, 0.3) is 0 Å². The van der Waals surface area contributed by atoms with Crippen LogP contribution in [0, 0.1) is 11.6 Å². The van der Waals surface area contributed by atoms with Crippen LogP contribution in [-0.4, -0.2) is 56.0 Å². The zero-order chi connectivity index (χ0) is 30.8. The number of morpholine rings is 1. The highest BCUT2D eigenvalue weighted by Crippen LogP contribution is 2.36. The molecule has 0 aliphatic carbocycles. The van der Waals surface area contributed by atoms with Crippen LogP contribution in [-0.2, 0) is 36.6 Å². The van der Waals surface area contributed by atoms with Crippen LogP contribution in [0.2, 0.25) is 5.02 Å². The van der Waals surface area contributed by atoms with E-state index in [4.69, 9.17) is 35.4 Å². The first-order chi connectivity index (χ1) is 19.7. The number of amides is 1. The Morgan fingerprint density at radius 1 is 1.19 bits per heavy atom. The Morgan fingerprint density at radius 2 is 1.88 bits per heavy atom. The molecule has 226 valence electrons. The molecule has 3 aromatic rings. The maximum atomic E-state index is 13.8. The number of esters is 1. The number of ether oxygens (including phenoxy) is 3. The first-order valence-electron chi connectivity index (χ1n) is 12.3. The fraction of sp³-hybridized carbons (Fsp3) is 0.308. The van der Waals surface area contributed by atoms with Crippen molar-refractivity contribution in [2.24, 2.45) is 5.14 Å². The van der Waals surface area contributed by atoms with E-state index in [1.807, 2.05) is 0 Å². The summed E-state index contributed by atoms with van der Waals surface area (Å²) in [5.41, 5.74) is -0.476. The Balaban J connectivity index is 1.49. The van der Waals surface area contributed by atoms with Crippen molar-refractivity contribution in [2.75, 3.05) is 18.7 Å². The Bertz CT molecular complexity index is 1570. The standard InChI is InChI=1S/C26H26ClF2N3O9S/c1-14-12-41-26(35,16-6-17(28)8-18(29)7-16)15(2)32(14)25(34)40-13-39-24(33)20-9-23(42(30,36)37)21(27)10-22(20)31-11-19-4-3-5-38-19/h3-10,14-15,31,35H,11-13H2,1-2H3,(H2,30,36,37)/t14?,15?,26-/m1/s1. The molecule has 2 unspecified atom stereocenters. The van der Waals surface area contributed by atoms with Crippen molar-refractivity contribution < 1.29 is 50.5 Å². The molecule has 16 heteroatoms. The molecule has 4 rings (SSSR count). The number of hydrogen-bond donors (Lipinski definition) is 3. The van der Waals surface area contributed by atoms with Gasteiger partial charge in [0, 0.05) is 11.6 Å². The van der Waals surface area contributed by atoms with Gasteiger partial charge in [-0.1, -0.05) is 11.6 Å². The van der Waals surface area contributed by atoms with E-state index >= 15 is 0 Å². The van der Waals surface area contributed by atoms with Gasteiger partial charge in [-0.05, 0) is 50.2 Å². The molecule has 42 heavy (non-hydrogen) atoms. The Kier molecular flexibility index (Phi) is 9.08. The molecule has 1 aliphatic heterocycles. The third kappa shape index (κ3) is 6.65. The predicted molar refractivity (Wildman–Crippen MR) is 143 cm³/mol. The van der Waals surface area contributed by atoms with E-state index in [2.05, 4.69) is 5.32 Å². The Hall–Kier alpha value is -3.76. The van der Waals surface area contributed by atoms with Crippen LogP contribution in [0.5, 0.6) is 0 Å². The Morgan fingerprint density at radius 3 is 2.50 bits per heavy atom. The number of primary sulfonamides is 1. The number of rotatable bonds is 8. The van der Waals surface area contributed by atoms with Gasteiger partial charge in [0.05, 0.1) is 47.8 Å². The highest BCUT2D eigenvalue weighted by molar-refractivity contribution is 7.89. The molecule has 2 aromatic carbocycles. The number of halogens is 3. The minimum atomic E-state index is -4.33. The van der Waals surface area contributed by atoms with E-state index in [-0.39, 0.29) is 35.0 Å². The fourth-order valence-corrected chi connectivity index (χ4v) is 5.51. The zero-order valence-electron chi connectivity index (χ0n) is 22.2. The summed E-state index contributed by atoms with van der Waals surface area (Å²) >= 11 is 6.07. The van der Waals surface area contributed by atoms with Gasteiger partial charge in [-0.3, -0.25) is 4.90 Å². The highest BCUT2D eigenvalue weighted by Gasteiger charge is 2.49. The van der Waals surface area contributed by atoms with E-state index in [1.54, 1.807) is 19.1 Å². The first kappa shape index (κ1) is 31.2. The molecule has 4 N–H and O–H groups in total. The van der Waals surface area contributed by atoms with Gasteiger partial charge in [0.1, 0.15) is 22.3 Å². The van der Waals surface area contributed by atoms with E-state index in [9.17, 15) is 31.9 Å². The summed E-state index contributed by atoms with van der Waals surface area (Å²) in [5.74, 6) is -4.81. The number of sulfonamides is 1. The van der Waals surface area contributed by atoms with Crippen LogP contribution >= 0.6 is 11.6 Å². The van der Waals surface area contributed by atoms with Gasteiger partial charge >= 0.3 is 12.1 Å². The van der Waals surface area contributed by atoms with Crippen LogP contribution in [0.25, 0.3) is 0 Å². The molecule has 0 radical (unpaired) electrons. The fourth-order valence-electron chi connectivity index (χ4n) is 4.41. The van der Waals surface area contributed by atoms with E-state index in [0.29, 0.717) is 11.8 Å². The second kappa shape index (κ2) is 12.2. The lowest BCUT2D eigenvalue weighted by Crippen LogP contribution is -2.62. The van der Waals surface area contributed by atoms with Crippen LogP contribution in [0.1, 0.15) is 35.5 Å². The van der Waals surface area contributed by atoms with Crippen molar-refractivity contribution in [2.45, 2.75) is 43.2 Å². The average Bonchev–Trinajstić information content (AvgIpc) is 3.42. The normalized spacial score (nSPS) is 20.7. The topological polar surface area (TPSA) is 171 Å². The van der Waals surface area contributed by atoms with E-state index in [1.165, 1.54) is 19.3 Å². The summed E-state index contributed by atoms with van der Waals surface area (Å²) in [7, 11) is -4.33. The lowest BCUT2D eigenvalue weighted by molar-refractivity contribution is -0.280. The number of furan rings is 1. The Labute approximate surface area is 243 Å². The second-order valence-corrected chi connectivity index (χ2v) is 11.3. The van der Waals surface area contributed by atoms with Crippen molar-refractivity contribution in [1.82, 2.24) is 4.90 Å². The highest BCUT2D eigenvalue weighted by atomic mass is 35.5. The molecule has 0 spiro atoms. The van der Waals surface area contributed by atoms with Gasteiger partial charge in [-0.2, -0.15) is 0 Å². The largest absolute Gasteiger partial charge is 0.467 e. The summed E-state index contributed by atoms with van der Waals surface area (Å²) in [6.45, 7) is 1.91. The molecular formula is C26H26ClF2N3O9S. The summed E-state index contributed by atoms with van der Waals surface area (Å²) in [6, 6.07) is 5.89. The number of nitrogens with two attached hydrogens (primary N) is 1. The number of anilines is 1. The second-order valence-electron chi connectivity index (χ2n) is 9.36. The first-order valence-corrected chi connectivity index (χ1v) is 14.2. The van der Waals surface area contributed by atoms with Crippen molar-refractivity contribution in [3.05, 3.63) is 82.3 Å². The summed E-state index contributed by atoms with van der Waals surface area (Å²) in [5, 5.41) is 19.0. The average molecular weight is 630 g/mol. The minimum absolute atomic E-state index is 0.0722. The molecule has 3 atom stereocenters. The smallest absolute Gasteiger partial charge is 0.413 e. The van der Waals surface area contributed by atoms with Crippen LogP contribution in [0.4, 0.5) is 19.3 Å². The molecule has 1 fully saturated rings. The molecule has 2 heterocycles. The number of carbonyl (C=O) groups is 2. The SMILES string of the molecule is CC1CO[C@@](O)(c2cc(F)cc(F)c2)C(C)N1C(=O)OCOC(=O)c1cc(S(N)(=O)=O)c(Cl)cc1NCc1ccco1. The summed E-state index contributed by atoms with van der Waals surface area (Å²) < 4.78 is 72.5. The minimum Gasteiger partial charge on any atom is -0.467 e. The lowest BCUT2D eigenvalue weighted by Gasteiger charge is -2.47. The number of nitrogens with one attached hydrogen (secondary N) is 1. The zero-order valence-corrected chi connectivity index (χ0v) is 23.7. The summed E-state index contributed by atoms with van der Waals surface area (Å²) in [4.78, 5) is 26.5. The third-order valence-corrected chi connectivity index (χ3v) is 7.87. The van der Waals surface area contributed by atoms with Gasteiger partial charge < -0.3 is 29.1 Å². The number of hydrogen-bond acceptors (Lipinski definition) is 10. The van der Waals surface area contributed by atoms with Crippen LogP contribution < -0.4 is 10.5 Å². The van der Waals surface area contributed by atoms with Gasteiger partial charge in [-0.15, -0.1) is 0 Å². The lowest BCUT2D eigenvalue weighted by atomic mass is 9.94. The molecule has 1 aliphatic rings. The molecule has 0 bridgehead atoms. The van der Waals surface area contributed by atoms with Crippen molar-refractivity contribution in [1.29, 1.82) is 0 Å². The number of carbonyl (C=O) groups excluding carboxylic acids is 2. The van der Waals surface area contributed by atoms with Crippen LogP contribution in [0.3, 0.4) is 0 Å². The maximum absolute atomic E-state index is 13.8. The quantitative estimate of drug-likeness (QED) is 0.247. The van der Waals surface area contributed by atoms with E-state index in [0.717, 1.165) is 23.1 Å². The third-order valence-electron chi connectivity index (χ3n) is 6.49. The van der Waals surface area contributed by atoms with Crippen molar-refractivity contribution in [3.63, 3.8) is 0 Å². The van der Waals surface area contributed by atoms with Crippen molar-refractivity contribution >= 4 is 39.4 Å². The monoisotopic (exact) mass is 629 g/mol. The van der Waals surface area contributed by atoms with Gasteiger partial charge in [0.15, 0.2) is 0 Å².